The van der Waals surface area contributed by atoms with Gasteiger partial charge in [-0.3, -0.25) is 9.20 Å². The van der Waals surface area contributed by atoms with E-state index in [0.717, 1.165) is 34.3 Å². The molecule has 3 rings (SSSR count). The van der Waals surface area contributed by atoms with Gasteiger partial charge in [0, 0.05) is 24.3 Å². The van der Waals surface area contributed by atoms with Gasteiger partial charge in [-0.1, -0.05) is 0 Å². The first-order chi connectivity index (χ1) is 10.8. The van der Waals surface area contributed by atoms with Gasteiger partial charge in [0.1, 0.15) is 5.76 Å². The Balaban J connectivity index is 1.30. The van der Waals surface area contributed by atoms with Gasteiger partial charge in [0.15, 0.2) is 4.96 Å². The summed E-state index contributed by atoms with van der Waals surface area (Å²) in [6, 6.07) is 3.88. The smallest absolute Gasteiger partial charge is 0.226 e. The summed E-state index contributed by atoms with van der Waals surface area (Å²) < 4.78 is 7.21. The van der Waals surface area contributed by atoms with Crippen molar-refractivity contribution in [2.24, 2.45) is 0 Å². The SMILES string of the molecule is O=C(Cc1cn2ccsc2n1)NCCCSCc1ccco1. The van der Waals surface area contributed by atoms with Gasteiger partial charge in [0.2, 0.25) is 5.91 Å². The molecule has 3 aromatic heterocycles. The Morgan fingerprint density at radius 2 is 2.45 bits per heavy atom. The maximum atomic E-state index is 11.9. The minimum absolute atomic E-state index is 0.0294. The molecule has 22 heavy (non-hydrogen) atoms. The Bertz CT molecular complexity index is 690. The van der Waals surface area contributed by atoms with E-state index >= 15 is 0 Å². The maximum Gasteiger partial charge on any atom is 0.226 e. The molecule has 0 radical (unpaired) electrons. The highest BCUT2D eigenvalue weighted by Crippen LogP contribution is 2.13. The van der Waals surface area contributed by atoms with E-state index in [0.29, 0.717) is 13.0 Å². The molecular weight excluding hydrogens is 318 g/mol. The Morgan fingerprint density at radius 1 is 1.50 bits per heavy atom. The molecule has 0 spiro atoms. The van der Waals surface area contributed by atoms with Crippen molar-refractivity contribution in [3.8, 4) is 0 Å². The number of fused-ring (bicyclic) bond motifs is 1. The molecule has 0 fully saturated rings. The highest BCUT2D eigenvalue weighted by atomic mass is 32.2. The predicted molar refractivity (Wildman–Crippen MR) is 89.3 cm³/mol. The van der Waals surface area contributed by atoms with Gasteiger partial charge in [0.05, 0.1) is 24.1 Å². The summed E-state index contributed by atoms with van der Waals surface area (Å²) in [5, 5.41) is 4.92. The van der Waals surface area contributed by atoms with Gasteiger partial charge in [-0.05, 0) is 24.3 Å². The second-order valence-corrected chi connectivity index (χ2v) is 6.82. The fourth-order valence-electron chi connectivity index (χ4n) is 2.06. The summed E-state index contributed by atoms with van der Waals surface area (Å²) in [6.45, 7) is 0.701. The van der Waals surface area contributed by atoms with Crippen LogP contribution in [0, 0.1) is 0 Å². The number of aromatic nitrogens is 2. The van der Waals surface area contributed by atoms with Gasteiger partial charge in [-0.15, -0.1) is 11.3 Å². The number of carbonyl (C=O) groups is 1. The number of furan rings is 1. The van der Waals surface area contributed by atoms with Crippen LogP contribution >= 0.6 is 23.1 Å². The van der Waals surface area contributed by atoms with Gasteiger partial charge >= 0.3 is 0 Å². The molecule has 0 saturated heterocycles. The minimum atomic E-state index is 0.0294. The highest BCUT2D eigenvalue weighted by molar-refractivity contribution is 7.98. The zero-order chi connectivity index (χ0) is 15.2. The molecule has 5 nitrogen and oxygen atoms in total. The second kappa shape index (κ2) is 7.51. The van der Waals surface area contributed by atoms with Crippen LogP contribution in [0.25, 0.3) is 4.96 Å². The standard InChI is InChI=1S/C15H17N3O2S2/c19-14(9-12-10-18-5-8-22-15(18)17-12)16-4-2-7-21-11-13-3-1-6-20-13/h1,3,5-6,8,10H,2,4,7,9,11H2,(H,16,19). The van der Waals surface area contributed by atoms with Crippen molar-refractivity contribution >= 4 is 34.0 Å². The summed E-state index contributed by atoms with van der Waals surface area (Å²) in [7, 11) is 0. The molecule has 0 unspecified atom stereocenters. The first-order valence-corrected chi connectivity index (χ1v) is 9.12. The predicted octanol–water partition coefficient (Wildman–Crippen LogP) is 2.97. The molecule has 0 aliphatic rings. The van der Waals surface area contributed by atoms with Crippen molar-refractivity contribution in [1.82, 2.24) is 14.7 Å². The number of amides is 1. The number of thioether (sulfide) groups is 1. The van der Waals surface area contributed by atoms with E-state index in [4.69, 9.17) is 4.42 Å². The summed E-state index contributed by atoms with van der Waals surface area (Å²) in [5.74, 6) is 2.91. The van der Waals surface area contributed by atoms with Crippen LogP contribution in [0.5, 0.6) is 0 Å². The van der Waals surface area contributed by atoms with Crippen molar-refractivity contribution < 1.29 is 9.21 Å². The molecule has 0 aliphatic heterocycles. The summed E-state index contributed by atoms with van der Waals surface area (Å²) >= 11 is 3.38. The quantitative estimate of drug-likeness (QED) is 0.643. The Hall–Kier alpha value is -1.73. The van der Waals surface area contributed by atoms with Crippen molar-refractivity contribution in [3.05, 3.63) is 47.6 Å². The normalized spacial score (nSPS) is 11.1. The molecule has 0 atom stereocenters. The molecule has 3 aromatic rings. The minimum Gasteiger partial charge on any atom is -0.468 e. The second-order valence-electron chi connectivity index (χ2n) is 4.84. The van der Waals surface area contributed by atoms with E-state index < -0.39 is 0 Å². The third-order valence-electron chi connectivity index (χ3n) is 3.10. The number of carbonyl (C=O) groups excluding carboxylic acids is 1. The van der Waals surface area contributed by atoms with E-state index in [1.165, 1.54) is 0 Å². The molecule has 0 aromatic carbocycles. The van der Waals surface area contributed by atoms with Crippen LogP contribution in [0.4, 0.5) is 0 Å². The molecule has 116 valence electrons. The lowest BCUT2D eigenvalue weighted by Crippen LogP contribution is -2.26. The van der Waals surface area contributed by atoms with Crippen LogP contribution in [-0.4, -0.2) is 27.6 Å². The molecule has 7 heteroatoms. The largest absolute Gasteiger partial charge is 0.468 e. The summed E-state index contributed by atoms with van der Waals surface area (Å²) in [6.07, 6.45) is 6.84. The average Bonchev–Trinajstić information content (AvgIpc) is 3.19. The molecule has 1 amide bonds. The Kier molecular flexibility index (Phi) is 5.18. The number of hydrogen-bond acceptors (Lipinski definition) is 5. The first kappa shape index (κ1) is 15.2. The lowest BCUT2D eigenvalue weighted by Gasteiger charge is -2.03. The van der Waals surface area contributed by atoms with E-state index in [-0.39, 0.29) is 5.91 Å². The molecule has 0 saturated carbocycles. The van der Waals surface area contributed by atoms with Crippen LogP contribution in [0.15, 0.2) is 40.6 Å². The number of nitrogens with zero attached hydrogens (tertiary/aromatic N) is 2. The van der Waals surface area contributed by atoms with E-state index in [1.807, 2.05) is 46.1 Å². The molecule has 0 aliphatic carbocycles. The van der Waals surface area contributed by atoms with Gasteiger partial charge in [-0.25, -0.2) is 4.98 Å². The third kappa shape index (κ3) is 4.14. The maximum absolute atomic E-state index is 11.9. The van der Waals surface area contributed by atoms with Crippen LogP contribution in [0.2, 0.25) is 0 Å². The van der Waals surface area contributed by atoms with Crippen LogP contribution in [-0.2, 0) is 17.0 Å². The number of hydrogen-bond donors (Lipinski definition) is 1. The van der Waals surface area contributed by atoms with Crippen LogP contribution in [0.3, 0.4) is 0 Å². The lowest BCUT2D eigenvalue weighted by molar-refractivity contribution is -0.120. The van der Waals surface area contributed by atoms with Crippen LogP contribution in [0.1, 0.15) is 17.9 Å². The summed E-state index contributed by atoms with van der Waals surface area (Å²) in [5.41, 5.74) is 0.816. The van der Waals surface area contributed by atoms with Crippen molar-refractivity contribution in [3.63, 3.8) is 0 Å². The number of imidazole rings is 1. The Labute approximate surface area is 136 Å². The summed E-state index contributed by atoms with van der Waals surface area (Å²) in [4.78, 5) is 17.2. The van der Waals surface area contributed by atoms with E-state index in [1.54, 1.807) is 17.6 Å². The highest BCUT2D eigenvalue weighted by Gasteiger charge is 2.07. The number of rotatable bonds is 8. The topological polar surface area (TPSA) is 59.5 Å². The van der Waals surface area contributed by atoms with Crippen molar-refractivity contribution in [2.45, 2.75) is 18.6 Å². The average molecular weight is 335 g/mol. The number of thiazole rings is 1. The molecular formula is C15H17N3O2S2. The first-order valence-electron chi connectivity index (χ1n) is 7.09. The lowest BCUT2D eigenvalue weighted by atomic mass is 10.3. The monoisotopic (exact) mass is 335 g/mol. The third-order valence-corrected chi connectivity index (χ3v) is 4.93. The van der Waals surface area contributed by atoms with Gasteiger partial charge in [-0.2, -0.15) is 11.8 Å². The fourth-order valence-corrected chi connectivity index (χ4v) is 3.63. The van der Waals surface area contributed by atoms with Crippen molar-refractivity contribution in [2.75, 3.05) is 12.3 Å². The van der Waals surface area contributed by atoms with E-state index in [9.17, 15) is 4.79 Å². The zero-order valence-corrected chi connectivity index (χ0v) is 13.7. The zero-order valence-electron chi connectivity index (χ0n) is 12.0. The van der Waals surface area contributed by atoms with Gasteiger partial charge in [0.25, 0.3) is 0 Å². The van der Waals surface area contributed by atoms with Crippen molar-refractivity contribution in [1.29, 1.82) is 0 Å². The molecule has 1 N–H and O–H groups in total. The van der Waals surface area contributed by atoms with E-state index in [2.05, 4.69) is 10.3 Å². The number of nitrogens with one attached hydrogen (secondary N) is 1. The Morgan fingerprint density at radius 3 is 3.27 bits per heavy atom. The molecule has 0 bridgehead atoms. The molecule has 3 heterocycles. The fraction of sp³-hybridized carbons (Fsp3) is 0.333. The van der Waals surface area contributed by atoms with Crippen LogP contribution < -0.4 is 5.32 Å². The van der Waals surface area contributed by atoms with Gasteiger partial charge < -0.3 is 9.73 Å².